The molecule has 0 aliphatic rings. The maximum atomic E-state index is 5.75. The summed E-state index contributed by atoms with van der Waals surface area (Å²) >= 11 is 5.38. The van der Waals surface area contributed by atoms with Gasteiger partial charge in [-0.05, 0) is 25.1 Å². The fourth-order valence-corrected chi connectivity index (χ4v) is 4.19. The number of thiocarbonyl (C=S) groups is 1. The molecule has 0 aliphatic carbocycles. The summed E-state index contributed by atoms with van der Waals surface area (Å²) < 4.78 is 5.75. The SMILES string of the molecule is CCCCCCCCCCCCCOC(=S)CCCCCCCCCCCCC. The predicted octanol–water partition coefficient (Wildman–Crippen LogP) is 10.3. The summed E-state index contributed by atoms with van der Waals surface area (Å²) in [6.45, 7) is 5.42. The Kier molecular flexibility index (Phi) is 25.8. The highest BCUT2D eigenvalue weighted by Crippen LogP contribution is 2.13. The van der Waals surface area contributed by atoms with Crippen LogP contribution in [0.2, 0.25) is 0 Å². The van der Waals surface area contributed by atoms with Crippen LogP contribution in [0.15, 0.2) is 0 Å². The first kappa shape index (κ1) is 28.9. The minimum absolute atomic E-state index is 0.841. The molecule has 2 heteroatoms. The molecule has 0 aliphatic heterocycles. The summed E-state index contributed by atoms with van der Waals surface area (Å²) in [5.41, 5.74) is 0. The highest BCUT2D eigenvalue weighted by atomic mass is 32.1. The summed E-state index contributed by atoms with van der Waals surface area (Å²) in [5, 5.41) is 0.855. The molecule has 0 spiro atoms. The Morgan fingerprint density at radius 3 is 1.14 bits per heavy atom. The minimum Gasteiger partial charge on any atom is -0.487 e. The van der Waals surface area contributed by atoms with Crippen LogP contribution >= 0.6 is 12.2 Å². The molecule has 0 bridgehead atoms. The molecular formula is C27H54OS. The van der Waals surface area contributed by atoms with E-state index >= 15 is 0 Å². The van der Waals surface area contributed by atoms with E-state index in [1.54, 1.807) is 0 Å². The van der Waals surface area contributed by atoms with Gasteiger partial charge in [0.2, 0.25) is 0 Å². The second kappa shape index (κ2) is 25.9. The molecule has 0 atom stereocenters. The van der Waals surface area contributed by atoms with E-state index in [2.05, 4.69) is 13.8 Å². The molecule has 0 radical (unpaired) electrons. The minimum atomic E-state index is 0.841. The van der Waals surface area contributed by atoms with E-state index in [0.29, 0.717) is 0 Å². The highest BCUT2D eigenvalue weighted by Gasteiger charge is 1.99. The van der Waals surface area contributed by atoms with Crippen LogP contribution in [0.25, 0.3) is 0 Å². The van der Waals surface area contributed by atoms with Crippen LogP contribution in [0.4, 0.5) is 0 Å². The molecule has 174 valence electrons. The lowest BCUT2D eigenvalue weighted by atomic mass is 10.1. The van der Waals surface area contributed by atoms with Crippen molar-refractivity contribution in [3.05, 3.63) is 0 Å². The van der Waals surface area contributed by atoms with E-state index in [4.69, 9.17) is 17.0 Å². The van der Waals surface area contributed by atoms with Crippen molar-refractivity contribution in [1.82, 2.24) is 0 Å². The summed E-state index contributed by atoms with van der Waals surface area (Å²) in [7, 11) is 0. The van der Waals surface area contributed by atoms with E-state index in [0.717, 1.165) is 18.1 Å². The molecule has 0 fully saturated rings. The summed E-state index contributed by atoms with van der Waals surface area (Å²) in [4.78, 5) is 0. The molecule has 0 amide bonds. The molecule has 1 nitrogen and oxygen atoms in total. The van der Waals surface area contributed by atoms with Crippen molar-refractivity contribution in [3.63, 3.8) is 0 Å². The van der Waals surface area contributed by atoms with Crippen molar-refractivity contribution in [2.24, 2.45) is 0 Å². The lowest BCUT2D eigenvalue weighted by Gasteiger charge is -2.08. The van der Waals surface area contributed by atoms with E-state index in [-0.39, 0.29) is 0 Å². The van der Waals surface area contributed by atoms with Crippen LogP contribution in [0.3, 0.4) is 0 Å². The molecular weight excluding hydrogens is 372 g/mol. The van der Waals surface area contributed by atoms with E-state index in [1.165, 1.54) is 141 Å². The smallest absolute Gasteiger partial charge is 0.159 e. The van der Waals surface area contributed by atoms with E-state index in [1.807, 2.05) is 0 Å². The number of rotatable bonds is 24. The van der Waals surface area contributed by atoms with Gasteiger partial charge >= 0.3 is 0 Å². The summed E-state index contributed by atoms with van der Waals surface area (Å²) in [5.74, 6) is 0. The average molecular weight is 427 g/mol. The van der Waals surface area contributed by atoms with Gasteiger partial charge in [-0.15, -0.1) is 0 Å². The zero-order chi connectivity index (χ0) is 21.3. The molecule has 0 aromatic carbocycles. The van der Waals surface area contributed by atoms with E-state index in [9.17, 15) is 0 Å². The first-order valence-corrected chi connectivity index (χ1v) is 13.9. The first-order valence-electron chi connectivity index (χ1n) is 13.5. The van der Waals surface area contributed by atoms with Gasteiger partial charge in [-0.25, -0.2) is 0 Å². The Morgan fingerprint density at radius 1 is 0.448 bits per heavy atom. The monoisotopic (exact) mass is 426 g/mol. The van der Waals surface area contributed by atoms with Crippen LogP contribution < -0.4 is 0 Å². The zero-order valence-corrected chi connectivity index (χ0v) is 21.1. The van der Waals surface area contributed by atoms with Gasteiger partial charge in [-0.3, -0.25) is 0 Å². The van der Waals surface area contributed by atoms with Crippen LogP contribution in [-0.2, 0) is 4.74 Å². The molecule has 0 aromatic heterocycles. The summed E-state index contributed by atoms with van der Waals surface area (Å²) in [6.07, 6.45) is 31.4. The Hall–Kier alpha value is -0.110. The third-order valence-corrected chi connectivity index (χ3v) is 6.32. The standard InChI is InChI=1S/C27H54OS/c1-3-5-7-9-11-13-15-17-19-21-23-25-27(29)28-26-24-22-20-18-16-14-12-10-8-6-4-2/h3-26H2,1-2H3. The summed E-state index contributed by atoms with van der Waals surface area (Å²) in [6, 6.07) is 0. The first-order chi connectivity index (χ1) is 14.3. The fraction of sp³-hybridized carbons (Fsp3) is 0.963. The maximum Gasteiger partial charge on any atom is 0.159 e. The maximum absolute atomic E-state index is 5.75. The van der Waals surface area contributed by atoms with E-state index < -0.39 is 0 Å². The van der Waals surface area contributed by atoms with Gasteiger partial charge in [0, 0.05) is 6.42 Å². The zero-order valence-electron chi connectivity index (χ0n) is 20.3. The van der Waals surface area contributed by atoms with Gasteiger partial charge in [0.15, 0.2) is 5.05 Å². The Morgan fingerprint density at radius 2 is 0.759 bits per heavy atom. The Labute approximate surface area is 190 Å². The molecule has 0 unspecified atom stereocenters. The number of hydrogen-bond donors (Lipinski definition) is 0. The van der Waals surface area contributed by atoms with Crippen LogP contribution in [0, 0.1) is 0 Å². The lowest BCUT2D eigenvalue weighted by molar-refractivity contribution is 0.290. The topological polar surface area (TPSA) is 9.23 Å². The van der Waals surface area contributed by atoms with Gasteiger partial charge in [0.25, 0.3) is 0 Å². The van der Waals surface area contributed by atoms with Crippen molar-refractivity contribution in [3.8, 4) is 0 Å². The fourth-order valence-electron chi connectivity index (χ4n) is 3.96. The van der Waals surface area contributed by atoms with Gasteiger partial charge < -0.3 is 4.74 Å². The second-order valence-electron chi connectivity index (χ2n) is 9.04. The highest BCUT2D eigenvalue weighted by molar-refractivity contribution is 7.80. The Balaban J connectivity index is 3.13. The predicted molar refractivity (Wildman–Crippen MR) is 136 cm³/mol. The van der Waals surface area contributed by atoms with Crippen molar-refractivity contribution in [1.29, 1.82) is 0 Å². The Bertz CT molecular complexity index is 316. The van der Waals surface area contributed by atoms with Crippen molar-refractivity contribution in [2.45, 2.75) is 162 Å². The van der Waals surface area contributed by atoms with Crippen molar-refractivity contribution in [2.75, 3.05) is 6.61 Å². The van der Waals surface area contributed by atoms with Crippen LogP contribution in [-0.4, -0.2) is 11.7 Å². The molecule has 0 rings (SSSR count). The normalized spacial score (nSPS) is 11.1. The largest absolute Gasteiger partial charge is 0.487 e. The molecule has 29 heavy (non-hydrogen) atoms. The molecule has 0 N–H and O–H groups in total. The van der Waals surface area contributed by atoms with Crippen molar-refractivity contribution < 1.29 is 4.74 Å². The lowest BCUT2D eigenvalue weighted by Crippen LogP contribution is -2.03. The third-order valence-electron chi connectivity index (χ3n) is 6.00. The molecule has 0 saturated heterocycles. The number of ether oxygens (including phenoxy) is 1. The van der Waals surface area contributed by atoms with Crippen LogP contribution in [0.5, 0.6) is 0 Å². The van der Waals surface area contributed by atoms with Gasteiger partial charge in [0.05, 0.1) is 6.61 Å². The molecule has 0 saturated carbocycles. The second-order valence-corrected chi connectivity index (χ2v) is 9.50. The molecule has 0 aromatic rings. The van der Waals surface area contributed by atoms with Crippen molar-refractivity contribution >= 4 is 17.3 Å². The average Bonchev–Trinajstić information content (AvgIpc) is 2.72. The number of unbranched alkanes of at least 4 members (excludes halogenated alkanes) is 20. The quantitative estimate of drug-likeness (QED) is 0.112. The van der Waals surface area contributed by atoms with Gasteiger partial charge in [-0.1, -0.05) is 142 Å². The van der Waals surface area contributed by atoms with Gasteiger partial charge in [0.1, 0.15) is 0 Å². The third kappa shape index (κ3) is 25.9. The van der Waals surface area contributed by atoms with Gasteiger partial charge in [-0.2, -0.15) is 0 Å². The number of hydrogen-bond acceptors (Lipinski definition) is 2. The molecule has 0 heterocycles. The van der Waals surface area contributed by atoms with Crippen LogP contribution in [0.1, 0.15) is 162 Å².